The van der Waals surface area contributed by atoms with E-state index >= 15 is 0 Å². The van der Waals surface area contributed by atoms with Crippen LogP contribution in [0.3, 0.4) is 0 Å². The molecule has 0 aliphatic carbocycles. The largest absolute Gasteiger partial charge is 0.316 e. The average molecular weight is 165 g/mol. The first-order valence-electron chi connectivity index (χ1n) is 4.59. The summed E-state index contributed by atoms with van der Waals surface area (Å²) in [5.41, 5.74) is 2.55. The second-order valence-corrected chi connectivity index (χ2v) is 3.47. The molecule has 0 radical (unpaired) electrons. The molecule has 1 unspecified atom stereocenters. The molecule has 1 saturated heterocycles. The Morgan fingerprint density at radius 2 is 2.50 bits per heavy atom. The molecule has 3 heteroatoms. The van der Waals surface area contributed by atoms with Crippen LogP contribution in [0.15, 0.2) is 6.20 Å². The summed E-state index contributed by atoms with van der Waals surface area (Å²) in [6.45, 7) is 4.36. The zero-order valence-corrected chi connectivity index (χ0v) is 7.43. The third-order valence-electron chi connectivity index (χ3n) is 2.61. The first-order valence-corrected chi connectivity index (χ1v) is 4.59. The minimum atomic E-state index is 0.678. The third kappa shape index (κ3) is 1.37. The van der Waals surface area contributed by atoms with Crippen LogP contribution in [0, 0.1) is 6.92 Å². The van der Waals surface area contributed by atoms with Gasteiger partial charge in [-0.15, -0.1) is 0 Å². The fraction of sp³-hybridized carbons (Fsp3) is 0.667. The van der Waals surface area contributed by atoms with E-state index in [2.05, 4.69) is 22.4 Å². The topological polar surface area (TPSA) is 40.7 Å². The number of aryl methyl sites for hydroxylation is 1. The molecule has 2 rings (SSSR count). The lowest BCUT2D eigenvalue weighted by Crippen LogP contribution is -2.28. The predicted molar refractivity (Wildman–Crippen MR) is 48.2 cm³/mol. The van der Waals surface area contributed by atoms with E-state index in [0.717, 1.165) is 12.2 Å². The van der Waals surface area contributed by atoms with Gasteiger partial charge in [0.15, 0.2) is 0 Å². The summed E-state index contributed by atoms with van der Waals surface area (Å²) in [6.07, 6.45) is 4.62. The Morgan fingerprint density at radius 1 is 1.58 bits per heavy atom. The van der Waals surface area contributed by atoms with Crippen molar-refractivity contribution in [1.29, 1.82) is 0 Å². The number of aromatic amines is 1. The molecule has 0 aromatic carbocycles. The highest BCUT2D eigenvalue weighted by molar-refractivity contribution is 5.20. The van der Waals surface area contributed by atoms with Crippen LogP contribution >= 0.6 is 0 Å². The number of hydrogen-bond donors (Lipinski definition) is 2. The Morgan fingerprint density at radius 3 is 3.08 bits per heavy atom. The van der Waals surface area contributed by atoms with Crippen LogP contribution in [-0.2, 0) is 0 Å². The standard InChI is InChI=1S/C9H15N3/c1-7-9(6-11-12-7)8-3-2-4-10-5-8/h6,8,10H,2-5H2,1H3,(H,11,12). The Hall–Kier alpha value is -0.830. The van der Waals surface area contributed by atoms with Crippen molar-refractivity contribution in [2.24, 2.45) is 0 Å². The molecule has 1 aliphatic rings. The Bertz CT molecular complexity index is 248. The molecule has 2 N–H and O–H groups in total. The Kier molecular flexibility index (Phi) is 2.13. The van der Waals surface area contributed by atoms with Crippen LogP contribution in [0.4, 0.5) is 0 Å². The zero-order valence-electron chi connectivity index (χ0n) is 7.43. The summed E-state index contributed by atoms with van der Waals surface area (Å²) in [5, 5.41) is 10.5. The van der Waals surface area contributed by atoms with Crippen molar-refractivity contribution in [2.45, 2.75) is 25.7 Å². The lowest BCUT2D eigenvalue weighted by molar-refractivity contribution is 0.460. The van der Waals surface area contributed by atoms with Crippen molar-refractivity contribution in [3.8, 4) is 0 Å². The highest BCUT2D eigenvalue weighted by atomic mass is 15.1. The van der Waals surface area contributed by atoms with Gasteiger partial charge in [0.2, 0.25) is 0 Å². The quantitative estimate of drug-likeness (QED) is 0.656. The maximum absolute atomic E-state index is 4.14. The van der Waals surface area contributed by atoms with E-state index in [1.165, 1.54) is 24.9 Å². The molecule has 0 saturated carbocycles. The van der Waals surface area contributed by atoms with E-state index in [9.17, 15) is 0 Å². The summed E-state index contributed by atoms with van der Waals surface area (Å²) in [7, 11) is 0. The highest BCUT2D eigenvalue weighted by Crippen LogP contribution is 2.24. The number of aromatic nitrogens is 2. The molecule has 1 aromatic rings. The van der Waals surface area contributed by atoms with Crippen molar-refractivity contribution in [3.63, 3.8) is 0 Å². The lowest BCUT2D eigenvalue weighted by atomic mass is 9.92. The monoisotopic (exact) mass is 165 g/mol. The highest BCUT2D eigenvalue weighted by Gasteiger charge is 2.17. The van der Waals surface area contributed by atoms with Gasteiger partial charge in [0.05, 0.1) is 5.69 Å². The third-order valence-corrected chi connectivity index (χ3v) is 2.61. The summed E-state index contributed by atoms with van der Waals surface area (Å²) in [4.78, 5) is 0. The molecule has 0 spiro atoms. The van der Waals surface area contributed by atoms with Gasteiger partial charge >= 0.3 is 0 Å². The molecular weight excluding hydrogens is 150 g/mol. The zero-order chi connectivity index (χ0) is 8.39. The first kappa shape index (κ1) is 7.80. The minimum Gasteiger partial charge on any atom is -0.316 e. The van der Waals surface area contributed by atoms with Gasteiger partial charge in [-0.3, -0.25) is 5.10 Å². The maximum Gasteiger partial charge on any atom is 0.0626 e. The molecule has 66 valence electrons. The van der Waals surface area contributed by atoms with Gasteiger partial charge < -0.3 is 5.32 Å². The van der Waals surface area contributed by atoms with E-state index in [1.807, 2.05) is 6.20 Å². The summed E-state index contributed by atoms with van der Waals surface area (Å²) < 4.78 is 0. The molecule has 1 atom stereocenters. The van der Waals surface area contributed by atoms with Crippen LogP contribution in [-0.4, -0.2) is 23.3 Å². The second-order valence-electron chi connectivity index (χ2n) is 3.47. The summed E-state index contributed by atoms with van der Waals surface area (Å²) >= 11 is 0. The van der Waals surface area contributed by atoms with Crippen LogP contribution in [0.1, 0.15) is 30.0 Å². The van der Waals surface area contributed by atoms with Crippen LogP contribution in [0.25, 0.3) is 0 Å². The molecule has 12 heavy (non-hydrogen) atoms. The number of rotatable bonds is 1. The van der Waals surface area contributed by atoms with Gasteiger partial charge in [0, 0.05) is 12.7 Å². The van der Waals surface area contributed by atoms with E-state index in [1.54, 1.807) is 0 Å². The molecule has 1 aromatic heterocycles. The second kappa shape index (κ2) is 3.27. The van der Waals surface area contributed by atoms with Crippen LogP contribution < -0.4 is 5.32 Å². The van der Waals surface area contributed by atoms with Crippen LogP contribution in [0.2, 0.25) is 0 Å². The van der Waals surface area contributed by atoms with E-state index in [4.69, 9.17) is 0 Å². The average Bonchev–Trinajstić information content (AvgIpc) is 2.53. The molecule has 1 fully saturated rings. The lowest BCUT2D eigenvalue weighted by Gasteiger charge is -2.22. The Balaban J connectivity index is 2.13. The molecule has 0 bridgehead atoms. The van der Waals surface area contributed by atoms with Crippen molar-refractivity contribution in [3.05, 3.63) is 17.5 Å². The minimum absolute atomic E-state index is 0.678. The maximum atomic E-state index is 4.14. The van der Waals surface area contributed by atoms with Crippen molar-refractivity contribution in [1.82, 2.24) is 15.5 Å². The van der Waals surface area contributed by atoms with Crippen molar-refractivity contribution in [2.75, 3.05) is 13.1 Å². The molecule has 3 nitrogen and oxygen atoms in total. The fourth-order valence-corrected chi connectivity index (χ4v) is 1.90. The molecule has 1 aliphatic heterocycles. The fourth-order valence-electron chi connectivity index (χ4n) is 1.90. The van der Waals surface area contributed by atoms with Crippen molar-refractivity contribution < 1.29 is 0 Å². The SMILES string of the molecule is Cc1n[nH]cc1C1CCCNC1. The first-order chi connectivity index (χ1) is 5.88. The van der Waals surface area contributed by atoms with Gasteiger partial charge in [-0.2, -0.15) is 5.10 Å². The predicted octanol–water partition coefficient (Wildman–Crippen LogP) is 1.19. The van der Waals surface area contributed by atoms with E-state index < -0.39 is 0 Å². The Labute approximate surface area is 72.6 Å². The summed E-state index contributed by atoms with van der Waals surface area (Å²) in [6, 6.07) is 0. The number of nitrogens with zero attached hydrogens (tertiary/aromatic N) is 1. The van der Waals surface area contributed by atoms with Crippen molar-refractivity contribution >= 4 is 0 Å². The number of H-pyrrole nitrogens is 1. The van der Waals surface area contributed by atoms with Gasteiger partial charge in [0.25, 0.3) is 0 Å². The normalized spacial score (nSPS) is 24.2. The smallest absolute Gasteiger partial charge is 0.0626 e. The van der Waals surface area contributed by atoms with Gasteiger partial charge in [0.1, 0.15) is 0 Å². The van der Waals surface area contributed by atoms with Gasteiger partial charge in [-0.25, -0.2) is 0 Å². The number of piperidine rings is 1. The van der Waals surface area contributed by atoms with E-state index in [0.29, 0.717) is 5.92 Å². The summed E-state index contributed by atoms with van der Waals surface area (Å²) in [5.74, 6) is 0.678. The molecular formula is C9H15N3. The number of hydrogen-bond acceptors (Lipinski definition) is 2. The number of nitrogens with one attached hydrogen (secondary N) is 2. The van der Waals surface area contributed by atoms with Gasteiger partial charge in [-0.05, 0) is 37.8 Å². The molecule has 0 amide bonds. The molecule has 2 heterocycles. The van der Waals surface area contributed by atoms with Gasteiger partial charge in [-0.1, -0.05) is 0 Å². The van der Waals surface area contributed by atoms with Crippen LogP contribution in [0.5, 0.6) is 0 Å². The van der Waals surface area contributed by atoms with E-state index in [-0.39, 0.29) is 0 Å².